The fraction of sp³-hybridized carbons (Fsp3) is 0.588. The molecule has 1 aromatic carbocycles. The Kier molecular flexibility index (Phi) is 8.03. The van der Waals surface area contributed by atoms with Crippen LogP contribution in [0.4, 0.5) is 0 Å². The summed E-state index contributed by atoms with van der Waals surface area (Å²) >= 11 is 5.97. The van der Waals surface area contributed by atoms with Gasteiger partial charge in [0.1, 0.15) is 0 Å². The van der Waals surface area contributed by atoms with Gasteiger partial charge in [-0.25, -0.2) is 8.42 Å². The van der Waals surface area contributed by atoms with Gasteiger partial charge in [-0.15, -0.1) is 0 Å². The number of sulfone groups is 1. The molecular weight excluding hydrogens is 346 g/mol. The second-order valence-electron chi connectivity index (χ2n) is 6.50. The normalized spacial score (nSPS) is 13.0. The van der Waals surface area contributed by atoms with Crippen molar-refractivity contribution in [2.75, 3.05) is 25.4 Å². The number of aliphatic imine (C=N–C) groups is 1. The van der Waals surface area contributed by atoms with Crippen molar-refractivity contribution >= 4 is 27.4 Å². The highest BCUT2D eigenvalue weighted by molar-refractivity contribution is 7.92. The second-order valence-corrected chi connectivity index (χ2v) is 9.80. The van der Waals surface area contributed by atoms with E-state index in [1.165, 1.54) is 0 Å². The molecule has 0 aliphatic heterocycles. The summed E-state index contributed by atoms with van der Waals surface area (Å²) in [5, 5.41) is 7.06. The average Bonchev–Trinajstić information content (AvgIpc) is 2.46. The van der Waals surface area contributed by atoms with E-state index >= 15 is 0 Å². The molecule has 0 radical (unpaired) electrons. The van der Waals surface area contributed by atoms with Crippen LogP contribution in [0.5, 0.6) is 0 Å². The first-order valence-electron chi connectivity index (χ1n) is 8.14. The molecule has 0 aliphatic rings. The predicted molar refractivity (Wildman–Crippen MR) is 103 cm³/mol. The second kappa shape index (κ2) is 9.28. The summed E-state index contributed by atoms with van der Waals surface area (Å²) in [6.07, 6.45) is 0.811. The van der Waals surface area contributed by atoms with Crippen LogP contribution in [-0.4, -0.2) is 44.5 Å². The van der Waals surface area contributed by atoms with Crippen molar-refractivity contribution in [1.82, 2.24) is 10.6 Å². The number of nitrogens with one attached hydrogen (secondary N) is 2. The molecule has 0 spiro atoms. The van der Waals surface area contributed by atoms with Crippen LogP contribution in [0.25, 0.3) is 0 Å². The number of rotatable bonds is 7. The molecule has 0 bridgehead atoms. The van der Waals surface area contributed by atoms with E-state index in [2.05, 4.69) is 15.6 Å². The molecule has 0 amide bonds. The summed E-state index contributed by atoms with van der Waals surface area (Å²) in [6, 6.07) is 7.73. The van der Waals surface area contributed by atoms with Crippen molar-refractivity contribution in [2.24, 2.45) is 4.99 Å². The molecule has 0 fully saturated rings. The number of nitrogens with zero attached hydrogens (tertiary/aromatic N) is 1. The third kappa shape index (κ3) is 7.09. The van der Waals surface area contributed by atoms with E-state index in [1.54, 1.807) is 20.8 Å². The standard InChI is InChI=1S/C17H28ClN3O2S/c1-5-19-16(21-11-12-24(22,23)17(2,3)4)20-10-9-14-7-6-8-15(18)13-14/h6-8,13H,5,9-12H2,1-4H3,(H2,19,20,21). The Morgan fingerprint density at radius 2 is 1.96 bits per heavy atom. The third-order valence-electron chi connectivity index (χ3n) is 3.50. The number of guanidine groups is 1. The van der Waals surface area contributed by atoms with Crippen LogP contribution in [-0.2, 0) is 16.3 Å². The quantitative estimate of drug-likeness (QED) is 0.569. The van der Waals surface area contributed by atoms with E-state index in [0.29, 0.717) is 12.5 Å². The zero-order chi connectivity index (χ0) is 18.2. The van der Waals surface area contributed by atoms with Gasteiger partial charge >= 0.3 is 0 Å². The van der Waals surface area contributed by atoms with Gasteiger partial charge in [0.25, 0.3) is 0 Å². The van der Waals surface area contributed by atoms with Crippen LogP contribution in [0.2, 0.25) is 5.02 Å². The van der Waals surface area contributed by atoms with Crippen LogP contribution < -0.4 is 10.6 Å². The van der Waals surface area contributed by atoms with Gasteiger partial charge in [-0.1, -0.05) is 23.7 Å². The van der Waals surface area contributed by atoms with E-state index in [0.717, 1.165) is 23.6 Å². The Morgan fingerprint density at radius 1 is 1.25 bits per heavy atom. The minimum Gasteiger partial charge on any atom is -0.357 e. The molecule has 5 nitrogen and oxygen atoms in total. The van der Waals surface area contributed by atoms with E-state index in [1.807, 2.05) is 31.2 Å². The van der Waals surface area contributed by atoms with Gasteiger partial charge < -0.3 is 10.6 Å². The highest BCUT2D eigenvalue weighted by atomic mass is 35.5. The van der Waals surface area contributed by atoms with Crippen LogP contribution >= 0.6 is 11.6 Å². The van der Waals surface area contributed by atoms with Gasteiger partial charge in [0.2, 0.25) is 0 Å². The molecule has 136 valence electrons. The molecule has 0 aromatic heterocycles. The lowest BCUT2D eigenvalue weighted by atomic mass is 10.1. The zero-order valence-corrected chi connectivity index (χ0v) is 16.5. The lowest BCUT2D eigenvalue weighted by molar-refractivity contribution is 0.560. The zero-order valence-electron chi connectivity index (χ0n) is 14.9. The number of halogens is 1. The highest BCUT2D eigenvalue weighted by Crippen LogP contribution is 2.15. The molecule has 1 rings (SSSR count). The first kappa shape index (κ1) is 20.8. The molecule has 0 atom stereocenters. The SMILES string of the molecule is CCNC(=NCCS(=O)(=O)C(C)(C)C)NCCc1cccc(Cl)c1. The lowest BCUT2D eigenvalue weighted by Gasteiger charge is -2.18. The van der Waals surface area contributed by atoms with Crippen LogP contribution in [0, 0.1) is 0 Å². The van der Waals surface area contributed by atoms with Crippen molar-refractivity contribution in [3.05, 3.63) is 34.9 Å². The van der Waals surface area contributed by atoms with Gasteiger partial charge in [0.05, 0.1) is 17.0 Å². The van der Waals surface area contributed by atoms with E-state index in [-0.39, 0.29) is 12.3 Å². The molecule has 0 saturated carbocycles. The van der Waals surface area contributed by atoms with Gasteiger partial charge in [0, 0.05) is 18.1 Å². The topological polar surface area (TPSA) is 70.6 Å². The monoisotopic (exact) mass is 373 g/mol. The van der Waals surface area contributed by atoms with Gasteiger partial charge in [-0.3, -0.25) is 4.99 Å². The van der Waals surface area contributed by atoms with Crippen molar-refractivity contribution in [1.29, 1.82) is 0 Å². The molecule has 24 heavy (non-hydrogen) atoms. The fourth-order valence-corrected chi connectivity index (χ4v) is 3.10. The van der Waals surface area contributed by atoms with Crippen molar-refractivity contribution in [3.63, 3.8) is 0 Å². The first-order valence-corrected chi connectivity index (χ1v) is 10.2. The Hall–Kier alpha value is -1.27. The van der Waals surface area contributed by atoms with E-state index < -0.39 is 14.6 Å². The van der Waals surface area contributed by atoms with E-state index in [9.17, 15) is 8.42 Å². The van der Waals surface area contributed by atoms with Crippen molar-refractivity contribution in [3.8, 4) is 0 Å². The van der Waals surface area contributed by atoms with Crippen molar-refractivity contribution in [2.45, 2.75) is 38.9 Å². The smallest absolute Gasteiger partial charge is 0.191 e. The van der Waals surface area contributed by atoms with Crippen LogP contribution in [0.15, 0.2) is 29.3 Å². The van der Waals surface area contributed by atoms with Gasteiger partial charge in [-0.05, 0) is 51.8 Å². The van der Waals surface area contributed by atoms with Crippen molar-refractivity contribution < 1.29 is 8.42 Å². The minimum absolute atomic E-state index is 0.0430. The maximum absolute atomic E-state index is 12.1. The number of benzene rings is 1. The maximum Gasteiger partial charge on any atom is 0.191 e. The molecule has 0 saturated heterocycles. The Labute approximate surface area is 150 Å². The fourth-order valence-electron chi connectivity index (χ4n) is 1.94. The highest BCUT2D eigenvalue weighted by Gasteiger charge is 2.28. The summed E-state index contributed by atoms with van der Waals surface area (Å²) in [4.78, 5) is 4.35. The largest absolute Gasteiger partial charge is 0.357 e. The number of hydrogen-bond acceptors (Lipinski definition) is 3. The van der Waals surface area contributed by atoms with E-state index in [4.69, 9.17) is 11.6 Å². The molecule has 0 aliphatic carbocycles. The summed E-state index contributed by atoms with van der Waals surface area (Å²) in [5.41, 5.74) is 1.14. The lowest BCUT2D eigenvalue weighted by Crippen LogP contribution is -2.39. The molecule has 0 unspecified atom stereocenters. The average molecular weight is 374 g/mol. The number of hydrogen-bond donors (Lipinski definition) is 2. The summed E-state index contributed by atoms with van der Waals surface area (Å²) in [5.74, 6) is 0.671. The molecular formula is C17H28ClN3O2S. The first-order chi connectivity index (χ1) is 11.2. The maximum atomic E-state index is 12.1. The van der Waals surface area contributed by atoms with Crippen LogP contribution in [0.3, 0.4) is 0 Å². The minimum atomic E-state index is -3.15. The predicted octanol–water partition coefficient (Wildman–Crippen LogP) is 2.65. The van der Waals surface area contributed by atoms with Crippen LogP contribution in [0.1, 0.15) is 33.3 Å². The Bertz CT molecular complexity index is 652. The molecule has 1 aromatic rings. The molecule has 7 heteroatoms. The summed E-state index contributed by atoms with van der Waals surface area (Å²) in [7, 11) is -3.15. The summed E-state index contributed by atoms with van der Waals surface area (Å²) < 4.78 is 23.5. The van der Waals surface area contributed by atoms with Gasteiger partial charge in [-0.2, -0.15) is 0 Å². The molecule has 2 N–H and O–H groups in total. The van der Waals surface area contributed by atoms with Gasteiger partial charge in [0.15, 0.2) is 15.8 Å². The summed E-state index contributed by atoms with van der Waals surface area (Å²) in [6.45, 7) is 8.75. The molecule has 0 heterocycles. The third-order valence-corrected chi connectivity index (χ3v) is 6.32. The Balaban J connectivity index is 2.54. The Morgan fingerprint density at radius 3 is 2.54 bits per heavy atom.